The molecule has 0 amide bonds. The van der Waals surface area contributed by atoms with Crippen LogP contribution >= 0.6 is 11.6 Å². The lowest BCUT2D eigenvalue weighted by atomic mass is 10.0. The van der Waals surface area contributed by atoms with E-state index in [1.165, 1.54) is 0 Å². The lowest BCUT2D eigenvalue weighted by Gasteiger charge is -2.05. The molecule has 0 saturated heterocycles. The summed E-state index contributed by atoms with van der Waals surface area (Å²) in [6, 6.07) is 7.30. The van der Waals surface area contributed by atoms with E-state index in [-0.39, 0.29) is 5.88 Å². The number of methoxy groups -OCH3 is 1. The van der Waals surface area contributed by atoms with E-state index in [4.69, 9.17) is 31.8 Å². The Morgan fingerprint density at radius 2 is 2.17 bits per heavy atom. The maximum absolute atomic E-state index is 9.10. The van der Waals surface area contributed by atoms with Gasteiger partial charge in [-0.3, -0.25) is 0 Å². The maximum Gasteiger partial charge on any atom is 0.209 e. The summed E-state index contributed by atoms with van der Waals surface area (Å²) in [4.78, 5) is 0. The number of nitrogen functional groups attached to an aromatic ring is 1. The van der Waals surface area contributed by atoms with Gasteiger partial charge < -0.3 is 14.9 Å². The number of furan rings is 1. The Kier molecular flexibility index (Phi) is 3.17. The minimum Gasteiger partial charge on any atom is -0.495 e. The van der Waals surface area contributed by atoms with Crippen LogP contribution in [0.3, 0.4) is 0 Å². The highest BCUT2D eigenvalue weighted by molar-refractivity contribution is 6.32. The molecule has 0 radical (unpaired) electrons. The van der Waals surface area contributed by atoms with Gasteiger partial charge in [0.25, 0.3) is 0 Å². The first-order valence-corrected chi connectivity index (χ1v) is 5.59. The first kappa shape index (κ1) is 12.3. The summed E-state index contributed by atoms with van der Waals surface area (Å²) in [5.41, 5.74) is 7.40. The lowest BCUT2D eigenvalue weighted by molar-refractivity contribution is 0.415. The molecule has 0 atom stereocenters. The van der Waals surface area contributed by atoms with Crippen molar-refractivity contribution in [2.75, 3.05) is 12.8 Å². The van der Waals surface area contributed by atoms with E-state index in [9.17, 15) is 0 Å². The van der Waals surface area contributed by atoms with E-state index >= 15 is 0 Å². The number of benzene rings is 1. The Bertz CT molecular complexity index is 641. The molecule has 4 nitrogen and oxygen atoms in total. The number of hydrogen-bond acceptors (Lipinski definition) is 4. The molecule has 92 valence electrons. The largest absolute Gasteiger partial charge is 0.495 e. The molecule has 0 aliphatic rings. The van der Waals surface area contributed by atoms with Gasteiger partial charge in [-0.2, -0.15) is 5.26 Å². The maximum atomic E-state index is 9.10. The topological polar surface area (TPSA) is 72.2 Å². The van der Waals surface area contributed by atoms with Gasteiger partial charge >= 0.3 is 0 Å². The zero-order valence-electron chi connectivity index (χ0n) is 9.95. The molecule has 2 N–H and O–H groups in total. The molecule has 5 heteroatoms. The average Bonchev–Trinajstić information content (AvgIpc) is 2.63. The van der Waals surface area contributed by atoms with Crippen molar-refractivity contribution in [1.29, 1.82) is 5.26 Å². The molecule has 0 aliphatic heterocycles. The van der Waals surface area contributed by atoms with Crippen molar-refractivity contribution in [1.82, 2.24) is 0 Å². The summed E-state index contributed by atoms with van der Waals surface area (Å²) in [7, 11) is 1.54. The Labute approximate surface area is 110 Å². The van der Waals surface area contributed by atoms with Gasteiger partial charge in [-0.05, 0) is 24.6 Å². The molecule has 0 unspecified atom stereocenters. The Morgan fingerprint density at radius 1 is 1.44 bits per heavy atom. The minimum atomic E-state index is 0.122. The van der Waals surface area contributed by atoms with Crippen LogP contribution in [-0.4, -0.2) is 7.11 Å². The molecule has 2 aromatic rings. The Hall–Kier alpha value is -2.12. The number of rotatable bonds is 2. The van der Waals surface area contributed by atoms with Crippen molar-refractivity contribution in [2.45, 2.75) is 6.92 Å². The van der Waals surface area contributed by atoms with Crippen LogP contribution in [0.2, 0.25) is 5.02 Å². The average molecular weight is 263 g/mol. The summed E-state index contributed by atoms with van der Waals surface area (Å²) in [6.07, 6.45) is 0. The van der Waals surface area contributed by atoms with E-state index in [0.29, 0.717) is 27.7 Å². The molecule has 1 aromatic heterocycles. The van der Waals surface area contributed by atoms with Crippen LogP contribution in [0.1, 0.15) is 11.3 Å². The van der Waals surface area contributed by atoms with Crippen molar-refractivity contribution in [2.24, 2.45) is 0 Å². The van der Waals surface area contributed by atoms with E-state index in [1.54, 1.807) is 26.2 Å². The van der Waals surface area contributed by atoms with E-state index in [2.05, 4.69) is 0 Å². The fraction of sp³-hybridized carbons (Fsp3) is 0.154. The second-order valence-corrected chi connectivity index (χ2v) is 4.14. The van der Waals surface area contributed by atoms with Crippen LogP contribution in [-0.2, 0) is 0 Å². The summed E-state index contributed by atoms with van der Waals surface area (Å²) >= 11 is 6.06. The van der Waals surface area contributed by atoms with Gasteiger partial charge in [0.05, 0.1) is 12.1 Å². The first-order valence-electron chi connectivity index (χ1n) is 5.21. The third-order valence-electron chi connectivity index (χ3n) is 2.66. The number of anilines is 1. The predicted molar refractivity (Wildman–Crippen MR) is 69.6 cm³/mol. The third-order valence-corrected chi connectivity index (χ3v) is 2.96. The Balaban J connectivity index is 2.63. The standard InChI is InChI=1S/C13H11ClN2O2/c1-7-12(9(6-15)13(16)18-7)8-3-4-11(17-2)10(14)5-8/h3-5H,16H2,1-2H3. The molecule has 0 bridgehead atoms. The monoisotopic (exact) mass is 262 g/mol. The van der Waals surface area contributed by atoms with Crippen LogP contribution in [0.5, 0.6) is 5.75 Å². The van der Waals surface area contributed by atoms with Crippen LogP contribution < -0.4 is 10.5 Å². The van der Waals surface area contributed by atoms with Gasteiger partial charge in [-0.25, -0.2) is 0 Å². The van der Waals surface area contributed by atoms with Gasteiger partial charge in [-0.15, -0.1) is 0 Å². The van der Waals surface area contributed by atoms with Gasteiger partial charge in [0.2, 0.25) is 5.88 Å². The van der Waals surface area contributed by atoms with Crippen molar-refractivity contribution in [3.8, 4) is 22.9 Å². The fourth-order valence-electron chi connectivity index (χ4n) is 1.85. The summed E-state index contributed by atoms with van der Waals surface area (Å²) in [5.74, 6) is 1.29. The molecule has 0 saturated carbocycles. The van der Waals surface area contributed by atoms with Crippen LogP contribution in [0.4, 0.5) is 5.88 Å². The highest BCUT2D eigenvalue weighted by Gasteiger charge is 2.18. The van der Waals surface area contributed by atoms with Crippen LogP contribution in [0.25, 0.3) is 11.1 Å². The van der Waals surface area contributed by atoms with E-state index in [1.807, 2.05) is 12.1 Å². The number of nitrogens with zero attached hydrogens (tertiary/aromatic N) is 1. The smallest absolute Gasteiger partial charge is 0.209 e. The molecule has 1 heterocycles. The summed E-state index contributed by atoms with van der Waals surface area (Å²) < 4.78 is 10.4. The molecule has 0 aliphatic carbocycles. The second kappa shape index (κ2) is 4.63. The molecule has 18 heavy (non-hydrogen) atoms. The third kappa shape index (κ3) is 1.89. The SMILES string of the molecule is COc1ccc(-c2c(C)oc(N)c2C#N)cc1Cl. The van der Waals surface area contributed by atoms with E-state index < -0.39 is 0 Å². The van der Waals surface area contributed by atoms with Crippen molar-refractivity contribution >= 4 is 17.5 Å². The number of aryl methyl sites for hydroxylation is 1. The predicted octanol–water partition coefficient (Wildman–Crippen LogP) is 3.37. The van der Waals surface area contributed by atoms with Crippen molar-refractivity contribution in [3.63, 3.8) is 0 Å². The van der Waals surface area contributed by atoms with Gasteiger partial charge in [-0.1, -0.05) is 17.7 Å². The fourth-order valence-corrected chi connectivity index (χ4v) is 2.10. The van der Waals surface area contributed by atoms with Crippen LogP contribution in [0, 0.1) is 18.3 Å². The molecule has 0 spiro atoms. The molecule has 2 rings (SSSR count). The number of hydrogen-bond donors (Lipinski definition) is 1. The number of halogens is 1. The number of nitrogens with two attached hydrogens (primary N) is 1. The highest BCUT2D eigenvalue weighted by Crippen LogP contribution is 2.36. The molecular weight excluding hydrogens is 252 g/mol. The number of nitriles is 1. The minimum absolute atomic E-state index is 0.122. The zero-order chi connectivity index (χ0) is 13.3. The molecule has 1 aromatic carbocycles. The van der Waals surface area contributed by atoms with Gasteiger partial charge in [0.15, 0.2) is 0 Å². The summed E-state index contributed by atoms with van der Waals surface area (Å²) in [5, 5.41) is 9.57. The quantitative estimate of drug-likeness (QED) is 0.901. The normalized spacial score (nSPS) is 10.1. The van der Waals surface area contributed by atoms with Crippen LogP contribution in [0.15, 0.2) is 22.6 Å². The van der Waals surface area contributed by atoms with Gasteiger partial charge in [0.1, 0.15) is 23.1 Å². The Morgan fingerprint density at radius 3 is 2.72 bits per heavy atom. The first-order chi connectivity index (χ1) is 8.58. The van der Waals surface area contributed by atoms with Crippen molar-refractivity contribution < 1.29 is 9.15 Å². The molecular formula is C13H11ClN2O2. The summed E-state index contributed by atoms with van der Waals surface area (Å²) in [6.45, 7) is 1.75. The molecule has 0 fully saturated rings. The van der Waals surface area contributed by atoms with Crippen molar-refractivity contribution in [3.05, 3.63) is 34.5 Å². The highest BCUT2D eigenvalue weighted by atomic mass is 35.5. The lowest BCUT2D eigenvalue weighted by Crippen LogP contribution is -1.88. The number of ether oxygens (including phenoxy) is 1. The zero-order valence-corrected chi connectivity index (χ0v) is 10.7. The second-order valence-electron chi connectivity index (χ2n) is 3.73. The van der Waals surface area contributed by atoms with E-state index in [0.717, 1.165) is 5.56 Å². The van der Waals surface area contributed by atoms with Gasteiger partial charge in [0, 0.05) is 5.56 Å².